The summed E-state index contributed by atoms with van der Waals surface area (Å²) in [5, 5.41) is 14.0. The molecule has 0 aliphatic heterocycles. The second-order valence-electron chi connectivity index (χ2n) is 5.63. The topological polar surface area (TPSA) is 98.5 Å². The van der Waals surface area contributed by atoms with Gasteiger partial charge in [0.25, 0.3) is 11.6 Å². The van der Waals surface area contributed by atoms with Crippen molar-refractivity contribution in [2.24, 2.45) is 0 Å². The highest BCUT2D eigenvalue weighted by Crippen LogP contribution is 2.16. The van der Waals surface area contributed by atoms with Crippen LogP contribution in [0.3, 0.4) is 0 Å². The van der Waals surface area contributed by atoms with Crippen molar-refractivity contribution in [1.29, 1.82) is 0 Å². The monoisotopic (exact) mass is 388 g/mol. The number of amides is 1. The smallest absolute Gasteiger partial charge is 0.331 e. The van der Waals surface area contributed by atoms with Crippen molar-refractivity contribution >= 4 is 35.2 Å². The van der Waals surface area contributed by atoms with E-state index in [1.165, 1.54) is 24.3 Å². The van der Waals surface area contributed by atoms with Crippen LogP contribution in [0, 0.1) is 10.1 Å². The first kappa shape index (κ1) is 20.1. The van der Waals surface area contributed by atoms with Crippen LogP contribution >= 0.6 is 11.6 Å². The highest BCUT2D eigenvalue weighted by atomic mass is 35.5. The molecule has 1 atom stereocenters. The Labute approximate surface area is 160 Å². The number of nitro groups is 1. The van der Waals surface area contributed by atoms with Crippen molar-refractivity contribution in [2.45, 2.75) is 13.0 Å². The molecule has 7 nitrogen and oxygen atoms in total. The molecule has 0 spiro atoms. The van der Waals surface area contributed by atoms with Gasteiger partial charge in [0.15, 0.2) is 6.61 Å². The Morgan fingerprint density at radius 3 is 2.63 bits per heavy atom. The summed E-state index contributed by atoms with van der Waals surface area (Å²) in [6.07, 6.45) is 2.48. The predicted molar refractivity (Wildman–Crippen MR) is 101 cm³/mol. The first-order chi connectivity index (χ1) is 12.8. The molecule has 1 N–H and O–H groups in total. The van der Waals surface area contributed by atoms with Crippen molar-refractivity contribution in [1.82, 2.24) is 5.32 Å². The van der Waals surface area contributed by atoms with E-state index < -0.39 is 23.4 Å². The first-order valence-electron chi connectivity index (χ1n) is 7.99. The zero-order chi connectivity index (χ0) is 19.8. The Kier molecular flexibility index (Phi) is 7.08. The highest BCUT2D eigenvalue weighted by molar-refractivity contribution is 6.30. The van der Waals surface area contributed by atoms with Crippen molar-refractivity contribution < 1.29 is 19.2 Å². The van der Waals surface area contributed by atoms with E-state index in [2.05, 4.69) is 5.32 Å². The van der Waals surface area contributed by atoms with Gasteiger partial charge in [-0.2, -0.15) is 0 Å². The number of hydrogen-bond donors (Lipinski definition) is 1. The van der Waals surface area contributed by atoms with E-state index in [1.807, 2.05) is 0 Å². The summed E-state index contributed by atoms with van der Waals surface area (Å²) in [6, 6.07) is 12.5. The SMILES string of the molecule is C[C@H](NC(=O)COC(=O)/C=C/c1cccc([N+](=O)[O-])c1)c1ccc(Cl)cc1. The molecule has 2 aromatic rings. The number of esters is 1. The number of nitrogens with zero attached hydrogens (tertiary/aromatic N) is 1. The zero-order valence-electron chi connectivity index (χ0n) is 14.4. The van der Waals surface area contributed by atoms with Gasteiger partial charge in [0, 0.05) is 23.2 Å². The lowest BCUT2D eigenvalue weighted by Gasteiger charge is -2.14. The van der Waals surface area contributed by atoms with Gasteiger partial charge in [0.05, 0.1) is 11.0 Å². The number of ether oxygens (including phenoxy) is 1. The first-order valence-corrected chi connectivity index (χ1v) is 8.37. The van der Waals surface area contributed by atoms with E-state index >= 15 is 0 Å². The summed E-state index contributed by atoms with van der Waals surface area (Å²) in [7, 11) is 0. The van der Waals surface area contributed by atoms with E-state index in [0.717, 1.165) is 11.6 Å². The second-order valence-corrected chi connectivity index (χ2v) is 6.07. The average Bonchev–Trinajstić information content (AvgIpc) is 2.65. The lowest BCUT2D eigenvalue weighted by atomic mass is 10.1. The molecule has 0 aliphatic rings. The minimum atomic E-state index is -0.726. The molecular weight excluding hydrogens is 372 g/mol. The molecule has 0 unspecified atom stereocenters. The number of halogens is 1. The molecule has 8 heteroatoms. The number of non-ortho nitro benzene ring substituents is 1. The maximum Gasteiger partial charge on any atom is 0.331 e. The van der Waals surface area contributed by atoms with Crippen LogP contribution in [0.25, 0.3) is 6.08 Å². The van der Waals surface area contributed by atoms with Gasteiger partial charge in [-0.05, 0) is 36.3 Å². The zero-order valence-corrected chi connectivity index (χ0v) is 15.2. The summed E-state index contributed by atoms with van der Waals surface area (Å²) in [4.78, 5) is 33.8. The molecule has 0 saturated carbocycles. The number of hydrogen-bond acceptors (Lipinski definition) is 5. The lowest BCUT2D eigenvalue weighted by molar-refractivity contribution is -0.384. The van der Waals surface area contributed by atoms with E-state index in [4.69, 9.17) is 16.3 Å². The second kappa shape index (κ2) is 9.49. The van der Waals surface area contributed by atoms with Crippen LogP contribution in [0.4, 0.5) is 5.69 Å². The van der Waals surface area contributed by atoms with Crippen molar-refractivity contribution in [3.63, 3.8) is 0 Å². The molecule has 0 bridgehead atoms. The number of carbonyl (C=O) groups is 2. The quantitative estimate of drug-likeness (QED) is 0.337. The molecular formula is C19H17ClN2O5. The molecule has 0 radical (unpaired) electrons. The third-order valence-electron chi connectivity index (χ3n) is 3.59. The van der Waals surface area contributed by atoms with Crippen LogP contribution in [0.1, 0.15) is 24.1 Å². The molecule has 2 aromatic carbocycles. The maximum atomic E-state index is 11.9. The van der Waals surface area contributed by atoms with E-state index in [9.17, 15) is 19.7 Å². The Hall–Kier alpha value is -3.19. The number of carbonyl (C=O) groups excluding carboxylic acids is 2. The molecule has 0 fully saturated rings. The van der Waals surface area contributed by atoms with Crippen molar-refractivity contribution in [3.05, 3.63) is 80.9 Å². The highest BCUT2D eigenvalue weighted by Gasteiger charge is 2.11. The van der Waals surface area contributed by atoms with Gasteiger partial charge in [-0.3, -0.25) is 14.9 Å². The van der Waals surface area contributed by atoms with E-state index in [1.54, 1.807) is 37.3 Å². The molecule has 0 aromatic heterocycles. The van der Waals surface area contributed by atoms with Gasteiger partial charge >= 0.3 is 5.97 Å². The Balaban J connectivity index is 1.82. The van der Waals surface area contributed by atoms with Gasteiger partial charge in [0.1, 0.15) is 0 Å². The summed E-state index contributed by atoms with van der Waals surface area (Å²) in [5.74, 6) is -1.18. The van der Waals surface area contributed by atoms with E-state index in [-0.39, 0.29) is 11.7 Å². The number of nitro benzene ring substituents is 1. The predicted octanol–water partition coefficient (Wildman–Crippen LogP) is 3.68. The fourth-order valence-electron chi connectivity index (χ4n) is 2.21. The van der Waals surface area contributed by atoms with Crippen LogP contribution in [0.5, 0.6) is 0 Å². The van der Waals surface area contributed by atoms with Crippen LogP contribution in [-0.4, -0.2) is 23.4 Å². The number of nitrogens with one attached hydrogen (secondary N) is 1. The Bertz CT molecular complexity index is 865. The summed E-state index contributed by atoms with van der Waals surface area (Å²) >= 11 is 5.82. The van der Waals surface area contributed by atoms with Gasteiger partial charge in [0.2, 0.25) is 0 Å². The molecule has 1 amide bonds. The van der Waals surface area contributed by atoms with Crippen LogP contribution in [0.2, 0.25) is 5.02 Å². The molecule has 0 aliphatic carbocycles. The third kappa shape index (κ3) is 6.56. The fourth-order valence-corrected chi connectivity index (χ4v) is 2.34. The van der Waals surface area contributed by atoms with E-state index in [0.29, 0.717) is 10.6 Å². The largest absolute Gasteiger partial charge is 0.452 e. The minimum Gasteiger partial charge on any atom is -0.452 e. The maximum absolute atomic E-state index is 11.9. The molecule has 140 valence electrons. The summed E-state index contributed by atoms with van der Waals surface area (Å²) in [6.45, 7) is 1.36. The van der Waals surface area contributed by atoms with Crippen LogP contribution < -0.4 is 5.32 Å². The third-order valence-corrected chi connectivity index (χ3v) is 3.84. The fraction of sp³-hybridized carbons (Fsp3) is 0.158. The van der Waals surface area contributed by atoms with Gasteiger partial charge in [-0.25, -0.2) is 4.79 Å². The number of benzene rings is 2. The molecule has 27 heavy (non-hydrogen) atoms. The molecule has 0 saturated heterocycles. The number of rotatable bonds is 7. The Morgan fingerprint density at radius 2 is 1.96 bits per heavy atom. The van der Waals surface area contributed by atoms with Gasteiger partial charge in [-0.15, -0.1) is 0 Å². The minimum absolute atomic E-state index is 0.0823. The van der Waals surface area contributed by atoms with Gasteiger partial charge in [-0.1, -0.05) is 35.9 Å². The van der Waals surface area contributed by atoms with Crippen LogP contribution in [-0.2, 0) is 14.3 Å². The molecule has 0 heterocycles. The summed E-state index contributed by atoms with van der Waals surface area (Å²) in [5.41, 5.74) is 1.26. The standard InChI is InChI=1S/C19H17ClN2O5/c1-13(15-6-8-16(20)9-7-15)21-18(23)12-27-19(24)10-5-14-3-2-4-17(11-14)22(25)26/h2-11,13H,12H2,1H3,(H,21,23)/b10-5+/t13-/m0/s1. The molecule has 2 rings (SSSR count). The van der Waals surface area contributed by atoms with Gasteiger partial charge < -0.3 is 10.1 Å². The Morgan fingerprint density at radius 1 is 1.26 bits per heavy atom. The lowest BCUT2D eigenvalue weighted by Crippen LogP contribution is -2.30. The normalized spacial score (nSPS) is 11.8. The van der Waals surface area contributed by atoms with Crippen molar-refractivity contribution in [3.8, 4) is 0 Å². The van der Waals surface area contributed by atoms with Crippen molar-refractivity contribution in [2.75, 3.05) is 6.61 Å². The summed E-state index contributed by atoms with van der Waals surface area (Å²) < 4.78 is 4.87. The average molecular weight is 389 g/mol. The van der Waals surface area contributed by atoms with Crippen LogP contribution in [0.15, 0.2) is 54.6 Å².